The van der Waals surface area contributed by atoms with E-state index in [1.165, 1.54) is 16.8 Å². The number of carbonyl (C=O) groups is 1. The van der Waals surface area contributed by atoms with E-state index < -0.39 is 0 Å². The molecular weight excluding hydrogens is 398 g/mol. The molecule has 0 spiro atoms. The zero-order valence-corrected chi connectivity index (χ0v) is 17.4. The number of hydrogen-bond acceptors (Lipinski definition) is 4. The van der Waals surface area contributed by atoms with Crippen LogP contribution in [-0.2, 0) is 4.74 Å². The second-order valence-electron chi connectivity index (χ2n) is 7.23. The third-order valence-electron chi connectivity index (χ3n) is 5.24. The zero-order chi connectivity index (χ0) is 20.8. The Morgan fingerprint density at radius 1 is 1.03 bits per heavy atom. The third kappa shape index (κ3) is 4.81. The van der Waals surface area contributed by atoms with Gasteiger partial charge < -0.3 is 9.64 Å². The Labute approximate surface area is 181 Å². The Morgan fingerprint density at radius 2 is 1.77 bits per heavy atom. The van der Waals surface area contributed by atoms with Crippen LogP contribution in [0.1, 0.15) is 28.8 Å². The molecule has 1 amide bonds. The van der Waals surface area contributed by atoms with E-state index >= 15 is 0 Å². The minimum Gasteiger partial charge on any atom is -0.378 e. The summed E-state index contributed by atoms with van der Waals surface area (Å²) in [7, 11) is 0. The number of rotatable bonds is 5. The van der Waals surface area contributed by atoms with E-state index in [9.17, 15) is 4.79 Å². The van der Waals surface area contributed by atoms with Gasteiger partial charge in [-0.3, -0.25) is 4.79 Å². The van der Waals surface area contributed by atoms with Crippen LogP contribution >= 0.6 is 11.6 Å². The zero-order valence-electron chi connectivity index (χ0n) is 16.7. The molecule has 30 heavy (non-hydrogen) atoms. The van der Waals surface area contributed by atoms with Crippen molar-refractivity contribution in [3.8, 4) is 0 Å². The van der Waals surface area contributed by atoms with Crippen molar-refractivity contribution < 1.29 is 9.53 Å². The van der Waals surface area contributed by atoms with Crippen molar-refractivity contribution in [3.63, 3.8) is 0 Å². The van der Waals surface area contributed by atoms with Crippen molar-refractivity contribution in [1.82, 2.24) is 10.3 Å². The van der Waals surface area contributed by atoms with Crippen LogP contribution in [0.4, 0.5) is 0 Å². The Kier molecular flexibility index (Phi) is 6.62. The largest absolute Gasteiger partial charge is 0.378 e. The van der Waals surface area contributed by atoms with E-state index in [1.807, 2.05) is 18.2 Å². The van der Waals surface area contributed by atoms with Gasteiger partial charge in [-0.1, -0.05) is 54.1 Å². The van der Waals surface area contributed by atoms with Crippen LogP contribution < -0.4 is 5.43 Å². The number of halogens is 1. The maximum atomic E-state index is 12.4. The molecule has 154 valence electrons. The molecule has 1 fully saturated rings. The summed E-state index contributed by atoms with van der Waals surface area (Å²) in [6, 6.07) is 17.3. The summed E-state index contributed by atoms with van der Waals surface area (Å²) in [4.78, 5) is 14.7. The van der Waals surface area contributed by atoms with Gasteiger partial charge in [0.15, 0.2) is 0 Å². The first-order chi connectivity index (χ1) is 14.7. The number of nitrogens with zero attached hydrogens (tertiary/aromatic N) is 2. The topological polar surface area (TPSA) is 53.9 Å². The summed E-state index contributed by atoms with van der Waals surface area (Å²) in [5.74, 6) is -0.316. The highest BCUT2D eigenvalue weighted by molar-refractivity contribution is 6.33. The molecule has 0 radical (unpaired) electrons. The number of amides is 1. The second-order valence-corrected chi connectivity index (χ2v) is 7.64. The van der Waals surface area contributed by atoms with Gasteiger partial charge in [0.05, 0.1) is 30.0 Å². The van der Waals surface area contributed by atoms with Gasteiger partial charge in [0.1, 0.15) is 0 Å². The highest BCUT2D eigenvalue weighted by atomic mass is 35.5. The summed E-state index contributed by atoms with van der Waals surface area (Å²) < 4.78 is 5.53. The highest BCUT2D eigenvalue weighted by Crippen LogP contribution is 2.35. The monoisotopic (exact) mass is 421 g/mol. The molecule has 0 saturated carbocycles. The maximum Gasteiger partial charge on any atom is 0.272 e. The molecule has 5 nitrogen and oxygen atoms in total. The van der Waals surface area contributed by atoms with Crippen molar-refractivity contribution in [2.75, 3.05) is 26.3 Å². The average Bonchev–Trinajstić information content (AvgIpc) is 3.17. The molecule has 0 bridgehead atoms. The van der Waals surface area contributed by atoms with Gasteiger partial charge in [0.25, 0.3) is 5.91 Å². The van der Waals surface area contributed by atoms with Crippen LogP contribution in [0.25, 0.3) is 6.08 Å². The van der Waals surface area contributed by atoms with Crippen molar-refractivity contribution in [2.24, 2.45) is 5.10 Å². The first kappa shape index (κ1) is 20.4. The molecule has 0 unspecified atom stereocenters. The van der Waals surface area contributed by atoms with Gasteiger partial charge in [0, 0.05) is 18.8 Å². The van der Waals surface area contributed by atoms with Crippen molar-refractivity contribution in [1.29, 1.82) is 0 Å². The lowest BCUT2D eigenvalue weighted by Crippen LogP contribution is -2.36. The van der Waals surface area contributed by atoms with E-state index in [0.717, 1.165) is 44.7 Å². The molecule has 1 aliphatic heterocycles. The minimum absolute atomic E-state index is 0.316. The van der Waals surface area contributed by atoms with E-state index in [4.69, 9.17) is 16.3 Å². The maximum absolute atomic E-state index is 12.4. The van der Waals surface area contributed by atoms with E-state index in [2.05, 4.69) is 33.6 Å². The molecule has 1 N–H and O–H groups in total. The second kappa shape index (κ2) is 9.74. The molecule has 2 aromatic rings. The van der Waals surface area contributed by atoms with Gasteiger partial charge in [-0.2, -0.15) is 5.10 Å². The smallest absolute Gasteiger partial charge is 0.272 e. The fourth-order valence-corrected chi connectivity index (χ4v) is 4.02. The van der Waals surface area contributed by atoms with Crippen LogP contribution in [0.15, 0.2) is 76.5 Å². The van der Waals surface area contributed by atoms with Gasteiger partial charge in [0.2, 0.25) is 0 Å². The van der Waals surface area contributed by atoms with Gasteiger partial charge in [-0.05, 0) is 47.8 Å². The lowest BCUT2D eigenvalue weighted by Gasteiger charge is -2.31. The number of benzene rings is 2. The Hall–Kier alpha value is -2.89. The number of nitrogens with one attached hydrogen (secondary N) is 1. The molecule has 0 aromatic heterocycles. The van der Waals surface area contributed by atoms with Gasteiger partial charge in [-0.25, -0.2) is 5.43 Å². The number of allylic oxidation sites excluding steroid dienone is 2. The molecule has 0 atom stereocenters. The predicted molar refractivity (Wildman–Crippen MR) is 120 cm³/mol. The molecule has 1 aliphatic carbocycles. The summed E-state index contributed by atoms with van der Waals surface area (Å²) in [5, 5.41) is 4.64. The molecule has 1 saturated heterocycles. The van der Waals surface area contributed by atoms with E-state index in [0.29, 0.717) is 10.6 Å². The number of hydrazone groups is 1. The third-order valence-corrected chi connectivity index (χ3v) is 5.57. The Morgan fingerprint density at radius 3 is 2.53 bits per heavy atom. The molecule has 4 rings (SSSR count). The van der Waals surface area contributed by atoms with Gasteiger partial charge >= 0.3 is 0 Å². The van der Waals surface area contributed by atoms with Crippen LogP contribution in [0.3, 0.4) is 0 Å². The average molecular weight is 422 g/mol. The summed E-state index contributed by atoms with van der Waals surface area (Å²) >= 11 is 6.10. The fourth-order valence-electron chi connectivity index (χ4n) is 3.80. The van der Waals surface area contributed by atoms with Crippen LogP contribution in [-0.4, -0.2) is 43.3 Å². The summed E-state index contributed by atoms with van der Waals surface area (Å²) in [6.07, 6.45) is 5.84. The normalized spacial score (nSPS) is 18.4. The standard InChI is InChI=1S/C24H24ClN3O2/c25-22-9-5-4-8-21(22)24(29)27-26-17-20-11-10-19(16-18-6-2-1-3-7-18)23(20)28-12-14-30-15-13-28/h1-9,16-17H,10-15H2,(H,27,29)/b19-16-,26-17+. The number of morpholine rings is 1. The van der Waals surface area contributed by atoms with E-state index in [1.54, 1.807) is 30.5 Å². The van der Waals surface area contributed by atoms with Crippen LogP contribution in [0.5, 0.6) is 0 Å². The molecule has 1 heterocycles. The van der Waals surface area contributed by atoms with E-state index in [-0.39, 0.29) is 5.91 Å². The summed E-state index contributed by atoms with van der Waals surface area (Å²) in [5.41, 5.74) is 7.82. The minimum atomic E-state index is -0.316. The van der Waals surface area contributed by atoms with Crippen molar-refractivity contribution in [2.45, 2.75) is 12.8 Å². The van der Waals surface area contributed by atoms with Gasteiger partial charge in [-0.15, -0.1) is 0 Å². The first-order valence-corrected chi connectivity index (χ1v) is 10.5. The SMILES string of the molecule is O=C(N/N=C/C1=C(N2CCOCC2)C(=C\c2ccccc2)/CC1)c1ccccc1Cl. The molecule has 2 aliphatic rings. The Balaban J connectivity index is 1.57. The Bertz CT molecular complexity index is 993. The lowest BCUT2D eigenvalue weighted by molar-refractivity contribution is 0.0548. The molecule has 2 aromatic carbocycles. The first-order valence-electron chi connectivity index (χ1n) is 10.1. The quantitative estimate of drug-likeness (QED) is 0.570. The lowest BCUT2D eigenvalue weighted by atomic mass is 10.1. The number of carbonyl (C=O) groups excluding carboxylic acids is 1. The van der Waals surface area contributed by atoms with Crippen molar-refractivity contribution >= 4 is 29.8 Å². The number of hydrogen-bond donors (Lipinski definition) is 1. The van der Waals surface area contributed by atoms with Crippen LogP contribution in [0.2, 0.25) is 5.02 Å². The molecular formula is C24H24ClN3O2. The van der Waals surface area contributed by atoms with Crippen molar-refractivity contribution in [3.05, 3.63) is 87.6 Å². The van der Waals surface area contributed by atoms with Crippen LogP contribution in [0, 0.1) is 0 Å². The molecule has 6 heteroatoms. The highest BCUT2D eigenvalue weighted by Gasteiger charge is 2.25. The number of ether oxygens (including phenoxy) is 1. The predicted octanol–water partition coefficient (Wildman–Crippen LogP) is 4.52. The summed E-state index contributed by atoms with van der Waals surface area (Å²) in [6.45, 7) is 3.14. The fraction of sp³-hybridized carbons (Fsp3) is 0.250.